The van der Waals surface area contributed by atoms with Crippen LogP contribution in [0.5, 0.6) is 0 Å². The Morgan fingerprint density at radius 2 is 1.97 bits per heavy atom. The molecule has 0 unspecified atom stereocenters. The molecule has 0 aromatic carbocycles. The zero-order valence-electron chi connectivity index (χ0n) is 18.7. The third kappa shape index (κ3) is 3.00. The lowest BCUT2D eigenvalue weighted by Crippen LogP contribution is -2.47. The number of thioether (sulfide) groups is 1. The number of H-pyrrole nitrogens is 1. The van der Waals surface area contributed by atoms with Crippen molar-refractivity contribution in [1.82, 2.24) is 14.9 Å². The van der Waals surface area contributed by atoms with Crippen molar-refractivity contribution < 1.29 is 19.5 Å². The number of imide groups is 1. The minimum absolute atomic E-state index is 0.0179. The van der Waals surface area contributed by atoms with Gasteiger partial charge in [0.25, 0.3) is 0 Å². The van der Waals surface area contributed by atoms with Crippen molar-refractivity contribution in [3.63, 3.8) is 0 Å². The van der Waals surface area contributed by atoms with E-state index in [4.69, 9.17) is 0 Å². The van der Waals surface area contributed by atoms with Crippen LogP contribution in [0.3, 0.4) is 0 Å². The van der Waals surface area contributed by atoms with Gasteiger partial charge in [0.1, 0.15) is 6.04 Å². The van der Waals surface area contributed by atoms with Gasteiger partial charge in [-0.3, -0.25) is 24.3 Å². The first-order chi connectivity index (χ1) is 16.3. The van der Waals surface area contributed by atoms with Crippen LogP contribution in [-0.2, 0) is 14.4 Å². The van der Waals surface area contributed by atoms with Gasteiger partial charge in [-0.25, -0.2) is 4.79 Å². The number of rotatable bonds is 5. The highest BCUT2D eigenvalue weighted by Crippen LogP contribution is 2.68. The van der Waals surface area contributed by atoms with Crippen LogP contribution in [0.15, 0.2) is 34.3 Å². The Hall–Kier alpha value is -2.46. The summed E-state index contributed by atoms with van der Waals surface area (Å²) in [7, 11) is 0. The van der Waals surface area contributed by atoms with E-state index in [0.717, 1.165) is 26.8 Å². The molecule has 6 rings (SSSR count). The van der Waals surface area contributed by atoms with Crippen molar-refractivity contribution in [2.45, 2.75) is 48.9 Å². The van der Waals surface area contributed by atoms with E-state index in [1.54, 1.807) is 18.0 Å². The van der Waals surface area contributed by atoms with Gasteiger partial charge in [-0.1, -0.05) is 31.3 Å². The third-order valence-corrected chi connectivity index (χ3v) is 10.7. The summed E-state index contributed by atoms with van der Waals surface area (Å²) in [5, 5.41) is 10.8. The molecule has 2 N–H and O–H groups in total. The number of carboxylic acids is 1. The number of pyridine rings is 1. The van der Waals surface area contributed by atoms with E-state index < -0.39 is 23.8 Å². The molecular formula is C24H25N3O5S2. The molecule has 8 nitrogen and oxygen atoms in total. The summed E-state index contributed by atoms with van der Waals surface area (Å²) in [6, 6.07) is 2.78. The Bertz CT molecular complexity index is 1240. The Labute approximate surface area is 204 Å². The van der Waals surface area contributed by atoms with Crippen LogP contribution in [-0.4, -0.2) is 49.0 Å². The topological polar surface area (TPSA) is 120 Å². The number of aliphatic carboxylic acids is 1. The first-order valence-corrected chi connectivity index (χ1v) is 13.4. The maximum atomic E-state index is 13.7. The second-order valence-electron chi connectivity index (χ2n) is 10.3. The number of hydrogen-bond acceptors (Lipinski definition) is 7. The average Bonchev–Trinajstić information content (AvgIpc) is 3.51. The highest BCUT2D eigenvalue weighted by molar-refractivity contribution is 8.00. The summed E-state index contributed by atoms with van der Waals surface area (Å²) in [5.74, 6) is -2.71. The molecular weight excluding hydrogens is 474 g/mol. The number of hydrogen-bond donors (Lipinski definition) is 2. The Balaban J connectivity index is 1.42. The molecule has 2 aromatic rings. The highest BCUT2D eigenvalue weighted by atomic mass is 32.2. The Morgan fingerprint density at radius 3 is 2.62 bits per heavy atom. The number of aromatic nitrogens is 2. The van der Waals surface area contributed by atoms with Gasteiger partial charge >= 0.3 is 10.8 Å². The summed E-state index contributed by atoms with van der Waals surface area (Å²) in [6.45, 7) is 3.79. The molecule has 0 radical (unpaired) electrons. The zero-order chi connectivity index (χ0) is 23.9. The third-order valence-electron chi connectivity index (χ3n) is 8.09. The molecule has 34 heavy (non-hydrogen) atoms. The molecule has 3 fully saturated rings. The zero-order valence-corrected chi connectivity index (χ0v) is 20.3. The van der Waals surface area contributed by atoms with Crippen molar-refractivity contribution in [3.05, 3.63) is 44.6 Å². The second-order valence-corrected chi connectivity index (χ2v) is 12.5. The number of thiazole rings is 1. The number of carbonyl (C=O) groups excluding carboxylic acids is 2. The molecule has 4 aliphatic rings. The van der Waals surface area contributed by atoms with Crippen LogP contribution in [0.1, 0.15) is 43.0 Å². The van der Waals surface area contributed by atoms with Crippen molar-refractivity contribution in [3.8, 4) is 0 Å². The summed E-state index contributed by atoms with van der Waals surface area (Å²) >= 11 is 2.84. The highest BCUT2D eigenvalue weighted by Gasteiger charge is 2.70. The van der Waals surface area contributed by atoms with Crippen LogP contribution in [0.25, 0.3) is 0 Å². The lowest BCUT2D eigenvalue weighted by atomic mass is 9.68. The molecule has 178 valence electrons. The van der Waals surface area contributed by atoms with Crippen LogP contribution in [0.4, 0.5) is 0 Å². The molecule has 10 heteroatoms. The fourth-order valence-corrected chi connectivity index (χ4v) is 9.93. The van der Waals surface area contributed by atoms with Crippen molar-refractivity contribution in [2.24, 2.45) is 35.5 Å². The molecule has 2 bridgehead atoms. The number of carbonyl (C=O) groups is 3. The van der Waals surface area contributed by atoms with Gasteiger partial charge in [0.15, 0.2) is 0 Å². The molecule has 2 saturated carbocycles. The minimum atomic E-state index is -1.12. The average molecular weight is 500 g/mol. The standard InChI is InChI=1S/C24H25N3O5S2/c1-9(2)6-13(23(30)31)27-21(28)16-11-7-12(17(16)22(27)29)18-15(11)14(10-4-3-5-25-8-10)19-20(33-18)26-24(32)34-19/h3-5,8-9,11-18H,6-7H2,1-2H3,(H,26,32)(H,30,31)/t11-,12-,13-,14-,15-,16-,17+,18-/m1/s1. The minimum Gasteiger partial charge on any atom is -0.480 e. The monoisotopic (exact) mass is 499 g/mol. The van der Waals surface area contributed by atoms with Crippen LogP contribution in [0, 0.1) is 35.5 Å². The summed E-state index contributed by atoms with van der Waals surface area (Å²) < 4.78 is 0. The number of fused-ring (bicyclic) bond motifs is 9. The summed E-state index contributed by atoms with van der Waals surface area (Å²) in [4.78, 5) is 60.8. The van der Waals surface area contributed by atoms with E-state index in [1.165, 1.54) is 11.3 Å². The quantitative estimate of drug-likeness (QED) is 0.607. The van der Waals surface area contributed by atoms with E-state index in [2.05, 4.69) is 9.97 Å². The van der Waals surface area contributed by atoms with E-state index in [9.17, 15) is 24.3 Å². The van der Waals surface area contributed by atoms with Crippen molar-refractivity contribution >= 4 is 40.9 Å². The van der Waals surface area contributed by atoms with E-state index in [1.807, 2.05) is 32.2 Å². The van der Waals surface area contributed by atoms with E-state index in [0.29, 0.717) is 0 Å². The van der Waals surface area contributed by atoms with Gasteiger partial charge in [0.05, 0.1) is 16.9 Å². The van der Waals surface area contributed by atoms with Crippen LogP contribution < -0.4 is 4.87 Å². The lowest BCUT2D eigenvalue weighted by Gasteiger charge is -2.42. The predicted octanol–water partition coefficient (Wildman–Crippen LogP) is 2.80. The number of nitrogens with zero attached hydrogens (tertiary/aromatic N) is 2. The maximum absolute atomic E-state index is 13.7. The van der Waals surface area contributed by atoms with Gasteiger partial charge in [-0.15, -0.1) is 11.8 Å². The molecule has 8 atom stereocenters. The summed E-state index contributed by atoms with van der Waals surface area (Å²) in [6.07, 6.45) is 4.57. The van der Waals surface area contributed by atoms with Gasteiger partial charge in [0, 0.05) is 28.4 Å². The number of carboxylic acid groups (broad SMARTS) is 1. The fourth-order valence-electron chi connectivity index (χ4n) is 7.04. The van der Waals surface area contributed by atoms with Crippen LogP contribution in [0.2, 0.25) is 0 Å². The normalized spacial score (nSPS) is 34.3. The van der Waals surface area contributed by atoms with Gasteiger partial charge in [-0.2, -0.15) is 0 Å². The number of nitrogens with one attached hydrogen (secondary N) is 1. The SMILES string of the molecule is CC(C)C[C@H](C(=O)O)N1C(=O)[C@@H]2[C@@H]3C[C@@H]([C@H]4Sc5[nH]c(=O)sc5[C@H](c5cccnc5)[C@@H]34)[C@@H]2C1=O. The molecule has 2 aliphatic heterocycles. The molecule has 2 amide bonds. The first kappa shape index (κ1) is 22.0. The molecule has 1 saturated heterocycles. The summed E-state index contributed by atoms with van der Waals surface area (Å²) in [5.41, 5.74) is 1.01. The largest absolute Gasteiger partial charge is 0.480 e. The first-order valence-electron chi connectivity index (χ1n) is 11.7. The van der Waals surface area contributed by atoms with Gasteiger partial charge < -0.3 is 10.1 Å². The molecule has 2 aliphatic carbocycles. The predicted molar refractivity (Wildman–Crippen MR) is 125 cm³/mol. The number of likely N-dealkylation sites (tertiary alicyclic amines) is 1. The number of amides is 2. The van der Waals surface area contributed by atoms with Gasteiger partial charge in [-0.05, 0) is 48.1 Å². The Kier molecular flexibility index (Phi) is 5.04. The molecule has 2 aromatic heterocycles. The van der Waals surface area contributed by atoms with Crippen molar-refractivity contribution in [2.75, 3.05) is 0 Å². The van der Waals surface area contributed by atoms with Crippen molar-refractivity contribution in [1.29, 1.82) is 0 Å². The smallest absolute Gasteiger partial charge is 0.326 e. The van der Waals surface area contributed by atoms with Crippen LogP contribution >= 0.6 is 23.1 Å². The van der Waals surface area contributed by atoms with E-state index in [-0.39, 0.29) is 57.9 Å². The second kappa shape index (κ2) is 7.78. The maximum Gasteiger partial charge on any atom is 0.326 e. The number of aromatic amines is 1. The van der Waals surface area contributed by atoms with Gasteiger partial charge in [0.2, 0.25) is 11.8 Å². The molecule has 4 heterocycles. The fraction of sp³-hybridized carbons (Fsp3) is 0.542. The molecule has 0 spiro atoms. The van der Waals surface area contributed by atoms with E-state index >= 15 is 0 Å². The lowest BCUT2D eigenvalue weighted by molar-refractivity contribution is -0.156. The Morgan fingerprint density at radius 1 is 1.24 bits per heavy atom.